The van der Waals surface area contributed by atoms with Crippen LogP contribution in [0.3, 0.4) is 0 Å². The molecule has 3 nitrogen and oxygen atoms in total. The summed E-state index contributed by atoms with van der Waals surface area (Å²) in [5.74, 6) is 0.723. The first kappa shape index (κ1) is 23.1. The van der Waals surface area contributed by atoms with Gasteiger partial charge in [-0.05, 0) is 79.0 Å². The summed E-state index contributed by atoms with van der Waals surface area (Å²) >= 11 is 0. The van der Waals surface area contributed by atoms with Crippen molar-refractivity contribution in [3.05, 3.63) is 64.7 Å². The standard InChI is InChI=1S/C28H36O3/c1-7-27(3,4)28(5,6)26(29)31-16-10-15-30-24-14-13-20(2)25(19-24)23-17-21-11-8-9-12-22(21)18-23/h8-9,11-14,17,19H,7,10,15-16,18H2,1-6H3. The molecule has 0 atom stereocenters. The Morgan fingerprint density at radius 3 is 2.48 bits per heavy atom. The molecule has 0 saturated heterocycles. The Morgan fingerprint density at radius 2 is 1.77 bits per heavy atom. The molecule has 0 bridgehead atoms. The van der Waals surface area contributed by atoms with E-state index in [9.17, 15) is 4.79 Å². The minimum atomic E-state index is -0.513. The van der Waals surface area contributed by atoms with Gasteiger partial charge in [-0.3, -0.25) is 4.79 Å². The van der Waals surface area contributed by atoms with Gasteiger partial charge in [0.05, 0.1) is 18.6 Å². The van der Waals surface area contributed by atoms with Crippen molar-refractivity contribution in [2.24, 2.45) is 10.8 Å². The van der Waals surface area contributed by atoms with E-state index < -0.39 is 5.41 Å². The average Bonchev–Trinajstić information content (AvgIpc) is 3.18. The maximum absolute atomic E-state index is 12.6. The number of rotatable bonds is 9. The molecular formula is C28H36O3. The van der Waals surface area contributed by atoms with Gasteiger partial charge in [0.1, 0.15) is 5.75 Å². The molecule has 3 heteroatoms. The van der Waals surface area contributed by atoms with Crippen molar-refractivity contribution in [2.45, 2.75) is 60.8 Å². The average molecular weight is 421 g/mol. The largest absolute Gasteiger partial charge is 0.493 e. The maximum Gasteiger partial charge on any atom is 0.312 e. The highest BCUT2D eigenvalue weighted by Gasteiger charge is 2.43. The second-order valence-electron chi connectivity index (χ2n) is 9.72. The highest BCUT2D eigenvalue weighted by molar-refractivity contribution is 5.89. The lowest BCUT2D eigenvalue weighted by Gasteiger charge is -2.38. The molecule has 2 aromatic rings. The third-order valence-corrected chi connectivity index (χ3v) is 7.20. The van der Waals surface area contributed by atoms with Gasteiger partial charge in [-0.15, -0.1) is 0 Å². The van der Waals surface area contributed by atoms with Crippen LogP contribution in [0.4, 0.5) is 0 Å². The van der Waals surface area contributed by atoms with E-state index in [4.69, 9.17) is 9.47 Å². The lowest BCUT2D eigenvalue weighted by Crippen LogP contribution is -2.40. The van der Waals surface area contributed by atoms with Crippen molar-refractivity contribution in [1.29, 1.82) is 0 Å². The van der Waals surface area contributed by atoms with Gasteiger partial charge in [0, 0.05) is 6.42 Å². The Balaban J connectivity index is 1.52. The van der Waals surface area contributed by atoms with Crippen molar-refractivity contribution >= 4 is 17.6 Å². The summed E-state index contributed by atoms with van der Waals surface area (Å²) in [5, 5.41) is 0. The molecular weight excluding hydrogens is 384 g/mol. The fourth-order valence-corrected chi connectivity index (χ4v) is 3.80. The normalized spacial score (nSPS) is 13.5. The van der Waals surface area contributed by atoms with Crippen LogP contribution < -0.4 is 4.74 Å². The SMILES string of the molecule is CCC(C)(C)C(C)(C)C(=O)OCCCOc1ccc(C)c(C2=Cc3ccccc3C2)c1. The Kier molecular flexibility index (Phi) is 6.93. The fourth-order valence-electron chi connectivity index (χ4n) is 3.80. The molecule has 0 aromatic heterocycles. The van der Waals surface area contributed by atoms with Gasteiger partial charge in [0.25, 0.3) is 0 Å². The van der Waals surface area contributed by atoms with Crippen molar-refractivity contribution in [3.8, 4) is 5.75 Å². The molecule has 0 N–H and O–H groups in total. The van der Waals surface area contributed by atoms with Crippen LogP contribution in [-0.2, 0) is 16.0 Å². The predicted octanol–water partition coefficient (Wildman–Crippen LogP) is 6.87. The third-order valence-electron chi connectivity index (χ3n) is 7.20. The summed E-state index contributed by atoms with van der Waals surface area (Å²) in [7, 11) is 0. The van der Waals surface area contributed by atoms with E-state index in [1.807, 2.05) is 19.9 Å². The van der Waals surface area contributed by atoms with Crippen molar-refractivity contribution in [2.75, 3.05) is 13.2 Å². The summed E-state index contributed by atoms with van der Waals surface area (Å²) in [5.41, 5.74) is 5.89. The summed E-state index contributed by atoms with van der Waals surface area (Å²) in [6.07, 6.45) is 4.84. The molecule has 0 heterocycles. The molecule has 1 aliphatic carbocycles. The molecule has 0 amide bonds. The zero-order chi connectivity index (χ0) is 22.6. The highest BCUT2D eigenvalue weighted by atomic mass is 16.5. The van der Waals surface area contributed by atoms with Crippen molar-refractivity contribution < 1.29 is 14.3 Å². The van der Waals surface area contributed by atoms with E-state index in [-0.39, 0.29) is 11.4 Å². The first-order chi connectivity index (χ1) is 14.7. The second kappa shape index (κ2) is 9.30. The number of allylic oxidation sites excluding steroid dienone is 1. The van der Waals surface area contributed by atoms with Gasteiger partial charge >= 0.3 is 5.97 Å². The number of hydrogen-bond acceptors (Lipinski definition) is 3. The molecule has 1 aliphatic rings. The van der Waals surface area contributed by atoms with Crippen LogP contribution in [-0.4, -0.2) is 19.2 Å². The summed E-state index contributed by atoms with van der Waals surface area (Å²) in [4.78, 5) is 12.6. The molecule has 0 radical (unpaired) electrons. The van der Waals surface area contributed by atoms with Gasteiger partial charge in [-0.1, -0.05) is 57.2 Å². The lowest BCUT2D eigenvalue weighted by atomic mass is 9.66. The number of carbonyl (C=O) groups excluding carboxylic acids is 1. The topological polar surface area (TPSA) is 35.5 Å². The molecule has 0 spiro atoms. The number of ether oxygens (including phenoxy) is 2. The van der Waals surface area contributed by atoms with E-state index in [0.29, 0.717) is 19.6 Å². The Morgan fingerprint density at radius 1 is 1.03 bits per heavy atom. The number of esters is 1. The number of carbonyl (C=O) groups is 1. The van der Waals surface area contributed by atoms with Crippen LogP contribution in [0, 0.1) is 17.8 Å². The Bertz CT molecular complexity index is 966. The van der Waals surface area contributed by atoms with Gasteiger partial charge in [0.15, 0.2) is 0 Å². The van der Waals surface area contributed by atoms with Gasteiger partial charge in [-0.2, -0.15) is 0 Å². The van der Waals surface area contributed by atoms with E-state index in [2.05, 4.69) is 70.2 Å². The number of fused-ring (bicyclic) bond motifs is 1. The van der Waals surface area contributed by atoms with Gasteiger partial charge < -0.3 is 9.47 Å². The smallest absolute Gasteiger partial charge is 0.312 e. The first-order valence-electron chi connectivity index (χ1n) is 11.4. The molecule has 0 aliphatic heterocycles. The Labute approximate surface area is 187 Å². The van der Waals surface area contributed by atoms with Crippen LogP contribution in [0.2, 0.25) is 0 Å². The van der Waals surface area contributed by atoms with Crippen LogP contribution in [0.1, 0.15) is 69.7 Å². The molecule has 166 valence electrons. The molecule has 0 unspecified atom stereocenters. The summed E-state index contributed by atoms with van der Waals surface area (Å²) < 4.78 is 11.5. The maximum atomic E-state index is 12.6. The molecule has 0 fully saturated rings. The quantitative estimate of drug-likeness (QED) is 0.328. The van der Waals surface area contributed by atoms with Crippen molar-refractivity contribution in [1.82, 2.24) is 0 Å². The fraction of sp³-hybridized carbons (Fsp3) is 0.464. The summed E-state index contributed by atoms with van der Waals surface area (Å²) in [6.45, 7) is 13.3. The first-order valence-corrected chi connectivity index (χ1v) is 11.4. The second-order valence-corrected chi connectivity index (χ2v) is 9.72. The molecule has 0 saturated carbocycles. The van der Waals surface area contributed by atoms with E-state index >= 15 is 0 Å². The van der Waals surface area contributed by atoms with Crippen LogP contribution in [0.5, 0.6) is 5.75 Å². The van der Waals surface area contributed by atoms with E-state index in [0.717, 1.165) is 18.6 Å². The minimum Gasteiger partial charge on any atom is -0.493 e. The van der Waals surface area contributed by atoms with Crippen molar-refractivity contribution in [3.63, 3.8) is 0 Å². The Hall–Kier alpha value is -2.55. The minimum absolute atomic E-state index is 0.104. The van der Waals surface area contributed by atoms with Gasteiger partial charge in [0.2, 0.25) is 0 Å². The monoisotopic (exact) mass is 420 g/mol. The van der Waals surface area contributed by atoms with Gasteiger partial charge in [-0.25, -0.2) is 0 Å². The van der Waals surface area contributed by atoms with Crippen LogP contribution in [0.15, 0.2) is 42.5 Å². The highest BCUT2D eigenvalue weighted by Crippen LogP contribution is 2.42. The zero-order valence-electron chi connectivity index (χ0n) is 19.9. The van der Waals surface area contributed by atoms with E-state index in [1.165, 1.54) is 27.8 Å². The van der Waals surface area contributed by atoms with E-state index in [1.54, 1.807) is 0 Å². The van der Waals surface area contributed by atoms with Crippen LogP contribution >= 0.6 is 0 Å². The summed E-state index contributed by atoms with van der Waals surface area (Å²) in [6, 6.07) is 14.8. The zero-order valence-corrected chi connectivity index (χ0v) is 19.9. The lowest BCUT2D eigenvalue weighted by molar-refractivity contribution is -0.161. The number of benzene rings is 2. The van der Waals surface area contributed by atoms with Crippen LogP contribution in [0.25, 0.3) is 11.6 Å². The molecule has 3 rings (SSSR count). The molecule has 2 aromatic carbocycles. The predicted molar refractivity (Wildman–Crippen MR) is 128 cm³/mol. The number of aryl methyl sites for hydroxylation is 1. The number of hydrogen-bond donors (Lipinski definition) is 0. The third kappa shape index (κ3) is 5.03. The molecule has 31 heavy (non-hydrogen) atoms.